The number of aromatic nitrogens is 1. The normalized spacial score (nSPS) is 15.4. The summed E-state index contributed by atoms with van der Waals surface area (Å²) in [6, 6.07) is 0. The summed E-state index contributed by atoms with van der Waals surface area (Å²) in [5.41, 5.74) is 0. The van der Waals surface area contributed by atoms with Crippen LogP contribution in [0.4, 0.5) is 13.2 Å². The molecule has 1 heterocycles. The zero-order valence-corrected chi connectivity index (χ0v) is 12.2. The summed E-state index contributed by atoms with van der Waals surface area (Å²) in [7, 11) is 0. The van der Waals surface area contributed by atoms with Crippen molar-refractivity contribution in [1.82, 2.24) is 4.98 Å². The number of halogens is 3. The van der Waals surface area contributed by atoms with Crippen molar-refractivity contribution < 1.29 is 17.9 Å². The molecular weight excluding hydrogens is 309 g/mol. The average Bonchev–Trinajstić information content (AvgIpc) is 3.08. The van der Waals surface area contributed by atoms with Gasteiger partial charge >= 0.3 is 6.08 Å². The minimum atomic E-state index is -2.26. The number of hydrogen-bond donors (Lipinski definition) is 0. The van der Waals surface area contributed by atoms with Crippen molar-refractivity contribution in [3.63, 3.8) is 0 Å². The van der Waals surface area contributed by atoms with Crippen LogP contribution in [-0.2, 0) is 0 Å². The molecule has 0 aromatic carbocycles. The Morgan fingerprint density at radius 3 is 2.90 bits per heavy atom. The predicted molar refractivity (Wildman–Crippen MR) is 74.2 cm³/mol. The molecule has 0 aliphatic heterocycles. The highest BCUT2D eigenvalue weighted by Gasteiger charge is 2.25. The second kappa shape index (κ2) is 7.12. The number of hydrogen-bond acceptors (Lipinski definition) is 4. The fourth-order valence-corrected chi connectivity index (χ4v) is 3.41. The van der Waals surface area contributed by atoms with Gasteiger partial charge in [-0.15, -0.1) is 11.3 Å². The number of thiazole rings is 1. The van der Waals surface area contributed by atoms with E-state index in [2.05, 4.69) is 4.98 Å². The summed E-state index contributed by atoms with van der Waals surface area (Å²) in [5.74, 6) is -0.675. The van der Waals surface area contributed by atoms with Crippen LogP contribution in [0.1, 0.15) is 24.1 Å². The third-order valence-corrected chi connectivity index (χ3v) is 4.75. The lowest BCUT2D eigenvalue weighted by Crippen LogP contribution is -2.08. The lowest BCUT2D eigenvalue weighted by Gasteiger charge is -2.00. The quantitative estimate of drug-likeness (QED) is 0.250. The van der Waals surface area contributed by atoms with E-state index in [4.69, 9.17) is 0 Å². The minimum Gasteiger partial charge on any atom is -0.624 e. The predicted octanol–water partition coefficient (Wildman–Crippen LogP) is 4.04. The van der Waals surface area contributed by atoms with E-state index < -0.39 is 11.9 Å². The molecule has 8 heteroatoms. The van der Waals surface area contributed by atoms with Crippen LogP contribution in [0.5, 0.6) is 0 Å². The van der Waals surface area contributed by atoms with Gasteiger partial charge in [0.2, 0.25) is 0 Å². The van der Waals surface area contributed by atoms with E-state index in [9.17, 15) is 18.4 Å². The first-order valence-corrected chi connectivity index (χ1v) is 7.91. The van der Waals surface area contributed by atoms with Crippen LogP contribution >= 0.6 is 23.1 Å². The first-order valence-electron chi connectivity index (χ1n) is 6.11. The van der Waals surface area contributed by atoms with Gasteiger partial charge in [-0.25, -0.2) is 14.1 Å². The molecule has 0 amide bonds. The number of allylic oxidation sites excluding steroid dienone is 1. The number of thioether (sulfide) groups is 1. The van der Waals surface area contributed by atoms with Crippen molar-refractivity contribution in [2.75, 3.05) is 12.3 Å². The maximum Gasteiger partial charge on any atom is 0.301 e. The van der Waals surface area contributed by atoms with Crippen molar-refractivity contribution >= 4 is 29.3 Å². The van der Waals surface area contributed by atoms with Gasteiger partial charge in [-0.1, -0.05) is 11.8 Å². The first kappa shape index (κ1) is 15.4. The second-order valence-electron chi connectivity index (χ2n) is 4.46. The largest absolute Gasteiger partial charge is 0.624 e. The molecule has 1 aliphatic rings. The Bertz CT molecular complexity index is 523. The monoisotopic (exact) mass is 322 g/mol. The standard InChI is InChI=1S/C12H13F3N2OS2/c13-10(11(14)15)3-4-19-12-16-5-9(20-12)7-17(18)6-8-1-2-8/h5,7-8H,1-4,6H2/b17-7-. The van der Waals surface area contributed by atoms with Crippen LogP contribution in [0, 0.1) is 11.1 Å². The minimum absolute atomic E-state index is 0.194. The molecule has 1 aromatic rings. The Balaban J connectivity index is 1.81. The summed E-state index contributed by atoms with van der Waals surface area (Å²) in [5, 5.41) is 11.5. The third-order valence-electron chi connectivity index (χ3n) is 2.66. The topological polar surface area (TPSA) is 39.0 Å². The summed E-state index contributed by atoms with van der Waals surface area (Å²) in [4.78, 5) is 4.78. The molecule has 110 valence electrons. The van der Waals surface area contributed by atoms with Gasteiger partial charge in [0, 0.05) is 18.1 Å². The fourth-order valence-electron chi connectivity index (χ4n) is 1.47. The van der Waals surface area contributed by atoms with Crippen LogP contribution < -0.4 is 0 Å². The van der Waals surface area contributed by atoms with Crippen molar-refractivity contribution in [3.05, 3.63) is 28.2 Å². The second-order valence-corrected chi connectivity index (χ2v) is 6.87. The molecule has 1 aliphatic carbocycles. The molecule has 1 aromatic heterocycles. The van der Waals surface area contributed by atoms with Gasteiger partial charge in [0.05, 0.1) is 6.20 Å². The van der Waals surface area contributed by atoms with Gasteiger partial charge in [0.25, 0.3) is 0 Å². The Hall–Kier alpha value is -1.02. The maximum absolute atomic E-state index is 12.6. The van der Waals surface area contributed by atoms with E-state index in [1.807, 2.05) is 0 Å². The number of rotatable bonds is 7. The number of hydroxylamine groups is 1. The van der Waals surface area contributed by atoms with Gasteiger partial charge in [-0.2, -0.15) is 8.78 Å². The molecule has 0 radical (unpaired) electrons. The van der Waals surface area contributed by atoms with Crippen molar-refractivity contribution in [3.8, 4) is 0 Å². The molecular formula is C12H13F3N2OS2. The SMILES string of the molecule is [O-]/[N+](=C\c1cnc(SCCC(F)=C(F)F)s1)CC1CC1. The summed E-state index contributed by atoms with van der Waals surface area (Å²) < 4.78 is 37.8. The molecule has 2 rings (SSSR count). The van der Waals surface area contributed by atoms with E-state index in [1.165, 1.54) is 29.3 Å². The van der Waals surface area contributed by atoms with E-state index in [1.54, 1.807) is 6.20 Å². The Labute approximate surface area is 122 Å². The van der Waals surface area contributed by atoms with Crippen molar-refractivity contribution in [2.24, 2.45) is 5.92 Å². The lowest BCUT2D eigenvalue weighted by molar-refractivity contribution is -0.456. The van der Waals surface area contributed by atoms with Crippen molar-refractivity contribution in [1.29, 1.82) is 0 Å². The molecule has 3 nitrogen and oxygen atoms in total. The molecule has 0 bridgehead atoms. The van der Waals surface area contributed by atoms with Crippen LogP contribution in [-0.4, -0.2) is 28.2 Å². The highest BCUT2D eigenvalue weighted by molar-refractivity contribution is 8.01. The molecule has 0 unspecified atom stereocenters. The van der Waals surface area contributed by atoms with Crippen LogP contribution in [0.2, 0.25) is 0 Å². The molecule has 0 saturated heterocycles. The Morgan fingerprint density at radius 2 is 2.25 bits per heavy atom. The van der Waals surface area contributed by atoms with E-state index in [0.29, 0.717) is 16.8 Å². The van der Waals surface area contributed by atoms with E-state index in [-0.39, 0.29) is 12.2 Å². The summed E-state index contributed by atoms with van der Waals surface area (Å²) in [6.07, 6.45) is 2.69. The highest BCUT2D eigenvalue weighted by atomic mass is 32.2. The fraction of sp³-hybridized carbons (Fsp3) is 0.500. The lowest BCUT2D eigenvalue weighted by atomic mass is 10.4. The van der Waals surface area contributed by atoms with Crippen LogP contribution in [0.25, 0.3) is 0 Å². The smallest absolute Gasteiger partial charge is 0.301 e. The summed E-state index contributed by atoms with van der Waals surface area (Å²) >= 11 is 2.50. The Morgan fingerprint density at radius 1 is 1.50 bits per heavy atom. The maximum atomic E-state index is 12.6. The highest BCUT2D eigenvalue weighted by Crippen LogP contribution is 2.29. The van der Waals surface area contributed by atoms with Gasteiger partial charge in [-0.3, -0.25) is 0 Å². The zero-order valence-electron chi connectivity index (χ0n) is 10.5. The van der Waals surface area contributed by atoms with Gasteiger partial charge in [0.15, 0.2) is 22.9 Å². The third kappa shape index (κ3) is 5.16. The molecule has 0 spiro atoms. The van der Waals surface area contributed by atoms with E-state index in [0.717, 1.165) is 22.5 Å². The molecule has 1 saturated carbocycles. The van der Waals surface area contributed by atoms with Gasteiger partial charge in [-0.05, 0) is 12.8 Å². The van der Waals surface area contributed by atoms with E-state index >= 15 is 0 Å². The zero-order chi connectivity index (χ0) is 14.5. The molecule has 20 heavy (non-hydrogen) atoms. The van der Waals surface area contributed by atoms with Crippen LogP contribution in [0.3, 0.4) is 0 Å². The first-order chi connectivity index (χ1) is 9.54. The number of nitrogens with zero attached hydrogens (tertiary/aromatic N) is 2. The van der Waals surface area contributed by atoms with Gasteiger partial charge in [0.1, 0.15) is 4.88 Å². The van der Waals surface area contributed by atoms with Crippen LogP contribution in [0.15, 0.2) is 22.4 Å². The molecule has 0 N–H and O–H groups in total. The van der Waals surface area contributed by atoms with Gasteiger partial charge < -0.3 is 5.21 Å². The molecule has 0 atom stereocenters. The Kier molecular flexibility index (Phi) is 5.47. The van der Waals surface area contributed by atoms with Crippen molar-refractivity contribution in [2.45, 2.75) is 23.6 Å². The average molecular weight is 322 g/mol. The molecule has 1 fully saturated rings. The summed E-state index contributed by atoms with van der Waals surface area (Å²) in [6.45, 7) is 0.506.